The van der Waals surface area contributed by atoms with Crippen LogP contribution in [0.1, 0.15) is 39.5 Å². The molecule has 1 amide bonds. The van der Waals surface area contributed by atoms with Gasteiger partial charge in [-0.3, -0.25) is 4.79 Å². The van der Waals surface area contributed by atoms with E-state index in [2.05, 4.69) is 34.8 Å². The van der Waals surface area contributed by atoms with Gasteiger partial charge in [-0.1, -0.05) is 43.7 Å². The Kier molecular flexibility index (Phi) is 5.26. The summed E-state index contributed by atoms with van der Waals surface area (Å²) in [4.78, 5) is 16.9. The molecule has 0 aliphatic heterocycles. The lowest BCUT2D eigenvalue weighted by Gasteiger charge is -2.29. The number of carbonyl (C=O) groups is 1. The van der Waals surface area contributed by atoms with Crippen molar-refractivity contribution in [3.63, 3.8) is 0 Å². The van der Waals surface area contributed by atoms with E-state index in [9.17, 15) is 4.79 Å². The van der Waals surface area contributed by atoms with Crippen LogP contribution < -0.4 is 5.32 Å². The molecular formula is C18H25N3OS. The fourth-order valence-corrected chi connectivity index (χ4v) is 4.27. The van der Waals surface area contributed by atoms with Crippen LogP contribution >= 0.6 is 11.8 Å². The monoisotopic (exact) mass is 331 g/mol. The first-order valence-electron chi connectivity index (χ1n) is 8.56. The molecule has 0 bridgehead atoms. The second-order valence-electron chi connectivity index (χ2n) is 6.35. The topological polar surface area (TPSA) is 46.9 Å². The van der Waals surface area contributed by atoms with Crippen molar-refractivity contribution >= 4 is 28.7 Å². The van der Waals surface area contributed by atoms with Gasteiger partial charge in [0.2, 0.25) is 5.91 Å². The van der Waals surface area contributed by atoms with E-state index in [0.29, 0.717) is 17.7 Å². The first-order chi connectivity index (χ1) is 11.2. The van der Waals surface area contributed by atoms with Crippen LogP contribution in [0.4, 0.5) is 0 Å². The summed E-state index contributed by atoms with van der Waals surface area (Å²) in [5.41, 5.74) is 2.14. The molecule has 5 heteroatoms. The highest BCUT2D eigenvalue weighted by molar-refractivity contribution is 7.99. The quantitative estimate of drug-likeness (QED) is 0.847. The molecule has 1 N–H and O–H groups in total. The summed E-state index contributed by atoms with van der Waals surface area (Å²) < 4.78 is 2.18. The minimum absolute atomic E-state index is 0.128. The lowest BCUT2D eigenvalue weighted by atomic mass is 9.86. The van der Waals surface area contributed by atoms with Crippen molar-refractivity contribution in [3.05, 3.63) is 24.3 Å². The zero-order valence-electron chi connectivity index (χ0n) is 13.9. The predicted molar refractivity (Wildman–Crippen MR) is 95.7 cm³/mol. The van der Waals surface area contributed by atoms with Crippen LogP contribution in [-0.2, 0) is 11.3 Å². The Bertz CT molecular complexity index is 682. The molecule has 2 aromatic rings. The number of carbonyl (C=O) groups excluding carboxylic acids is 1. The summed E-state index contributed by atoms with van der Waals surface area (Å²) in [6.45, 7) is 5.22. The zero-order valence-corrected chi connectivity index (χ0v) is 14.7. The Balaban J connectivity index is 1.62. The second-order valence-corrected chi connectivity index (χ2v) is 7.29. The Labute approximate surface area is 142 Å². The normalized spacial score (nSPS) is 21.5. The van der Waals surface area contributed by atoms with Gasteiger partial charge in [-0.15, -0.1) is 0 Å². The molecular weight excluding hydrogens is 306 g/mol. The standard InChI is InChI=1S/C18H25N3OS/c1-3-21-16-11-7-6-10-15(16)20-18(21)23-12-17(22)19-14-9-5-4-8-13(14)2/h6-7,10-11,13-14H,3-5,8-9,12H2,1-2H3,(H,19,22)/t13-,14-/m0/s1. The van der Waals surface area contributed by atoms with Crippen molar-refractivity contribution in [3.8, 4) is 0 Å². The van der Waals surface area contributed by atoms with Gasteiger partial charge in [0.25, 0.3) is 0 Å². The number of hydrogen-bond acceptors (Lipinski definition) is 3. The number of benzene rings is 1. The highest BCUT2D eigenvalue weighted by atomic mass is 32.2. The molecule has 1 saturated carbocycles. The van der Waals surface area contributed by atoms with E-state index in [1.165, 1.54) is 31.0 Å². The maximum Gasteiger partial charge on any atom is 0.230 e. The smallest absolute Gasteiger partial charge is 0.230 e. The second kappa shape index (κ2) is 7.39. The minimum atomic E-state index is 0.128. The molecule has 1 aromatic heterocycles. The molecule has 1 aliphatic rings. The van der Waals surface area contributed by atoms with Gasteiger partial charge in [0.05, 0.1) is 16.8 Å². The van der Waals surface area contributed by atoms with Gasteiger partial charge < -0.3 is 9.88 Å². The molecule has 124 valence electrons. The van der Waals surface area contributed by atoms with E-state index < -0.39 is 0 Å². The molecule has 0 spiro atoms. The van der Waals surface area contributed by atoms with Crippen LogP contribution in [0, 0.1) is 5.92 Å². The van der Waals surface area contributed by atoms with Crippen LogP contribution in [0.3, 0.4) is 0 Å². The first-order valence-corrected chi connectivity index (χ1v) is 9.55. The largest absolute Gasteiger partial charge is 0.352 e. The molecule has 0 radical (unpaired) electrons. The first kappa shape index (κ1) is 16.4. The molecule has 3 rings (SSSR count). The van der Waals surface area contributed by atoms with Crippen molar-refractivity contribution in [1.29, 1.82) is 0 Å². The summed E-state index contributed by atoms with van der Waals surface area (Å²) >= 11 is 1.54. The fraction of sp³-hybridized carbons (Fsp3) is 0.556. The average Bonchev–Trinajstić information content (AvgIpc) is 2.92. The van der Waals surface area contributed by atoms with E-state index in [4.69, 9.17) is 0 Å². The Hall–Kier alpha value is -1.49. The third-order valence-electron chi connectivity index (χ3n) is 4.73. The fourth-order valence-electron chi connectivity index (χ4n) is 3.38. The lowest BCUT2D eigenvalue weighted by Crippen LogP contribution is -2.41. The molecule has 0 unspecified atom stereocenters. The Morgan fingerprint density at radius 1 is 1.35 bits per heavy atom. The van der Waals surface area contributed by atoms with Crippen molar-refractivity contribution < 1.29 is 4.79 Å². The molecule has 1 fully saturated rings. The minimum Gasteiger partial charge on any atom is -0.352 e. The molecule has 1 aliphatic carbocycles. The summed E-state index contributed by atoms with van der Waals surface area (Å²) in [6.07, 6.45) is 4.87. The number of fused-ring (bicyclic) bond motifs is 1. The molecule has 1 aromatic carbocycles. The molecule has 0 saturated heterocycles. The van der Waals surface area contributed by atoms with E-state index in [1.807, 2.05) is 18.2 Å². The highest BCUT2D eigenvalue weighted by Crippen LogP contribution is 2.25. The maximum atomic E-state index is 12.3. The number of nitrogens with one attached hydrogen (secondary N) is 1. The number of para-hydroxylation sites is 2. The lowest BCUT2D eigenvalue weighted by molar-refractivity contribution is -0.119. The maximum absolute atomic E-state index is 12.3. The van der Waals surface area contributed by atoms with E-state index >= 15 is 0 Å². The van der Waals surface area contributed by atoms with Gasteiger partial charge in [0.1, 0.15) is 0 Å². The third-order valence-corrected chi connectivity index (χ3v) is 5.70. The number of rotatable bonds is 5. The number of hydrogen-bond donors (Lipinski definition) is 1. The highest BCUT2D eigenvalue weighted by Gasteiger charge is 2.23. The summed E-state index contributed by atoms with van der Waals surface area (Å²) in [5.74, 6) is 1.16. The third kappa shape index (κ3) is 3.71. The molecule has 2 atom stereocenters. The molecule has 4 nitrogen and oxygen atoms in total. The van der Waals surface area contributed by atoms with Crippen molar-refractivity contribution in [1.82, 2.24) is 14.9 Å². The molecule has 23 heavy (non-hydrogen) atoms. The van der Waals surface area contributed by atoms with Gasteiger partial charge in [0.15, 0.2) is 5.16 Å². The van der Waals surface area contributed by atoms with Gasteiger partial charge in [-0.25, -0.2) is 4.98 Å². The van der Waals surface area contributed by atoms with Crippen LogP contribution in [-0.4, -0.2) is 27.3 Å². The summed E-state index contributed by atoms with van der Waals surface area (Å²) in [5, 5.41) is 4.14. The number of imidazole rings is 1. The SMILES string of the molecule is CCn1c(SCC(=O)N[C@H]2CCCC[C@@H]2C)nc2ccccc21. The van der Waals surface area contributed by atoms with Crippen molar-refractivity contribution in [2.45, 2.75) is 57.3 Å². The Morgan fingerprint density at radius 3 is 2.91 bits per heavy atom. The summed E-state index contributed by atoms with van der Waals surface area (Å²) in [7, 11) is 0. The Morgan fingerprint density at radius 2 is 2.13 bits per heavy atom. The van der Waals surface area contributed by atoms with Crippen molar-refractivity contribution in [2.75, 3.05) is 5.75 Å². The number of nitrogens with zero attached hydrogens (tertiary/aromatic N) is 2. The van der Waals surface area contributed by atoms with Crippen LogP contribution in [0.5, 0.6) is 0 Å². The van der Waals surface area contributed by atoms with Gasteiger partial charge >= 0.3 is 0 Å². The van der Waals surface area contributed by atoms with E-state index in [1.54, 1.807) is 0 Å². The number of amides is 1. The van der Waals surface area contributed by atoms with Crippen molar-refractivity contribution in [2.24, 2.45) is 5.92 Å². The number of thioether (sulfide) groups is 1. The number of aryl methyl sites for hydroxylation is 1. The van der Waals surface area contributed by atoms with Gasteiger partial charge in [0, 0.05) is 12.6 Å². The van der Waals surface area contributed by atoms with E-state index in [-0.39, 0.29) is 5.91 Å². The van der Waals surface area contributed by atoms with Crippen LogP contribution in [0.2, 0.25) is 0 Å². The average molecular weight is 331 g/mol. The summed E-state index contributed by atoms with van der Waals surface area (Å²) in [6, 6.07) is 8.49. The predicted octanol–water partition coefficient (Wildman–Crippen LogP) is 3.84. The van der Waals surface area contributed by atoms with Gasteiger partial charge in [-0.2, -0.15) is 0 Å². The van der Waals surface area contributed by atoms with Gasteiger partial charge in [-0.05, 0) is 37.8 Å². The molecule has 1 heterocycles. The zero-order chi connectivity index (χ0) is 16.2. The number of aromatic nitrogens is 2. The van der Waals surface area contributed by atoms with Crippen LogP contribution in [0.25, 0.3) is 11.0 Å². The van der Waals surface area contributed by atoms with Crippen LogP contribution in [0.15, 0.2) is 29.4 Å². The van der Waals surface area contributed by atoms with E-state index in [0.717, 1.165) is 29.2 Å².